The molecule has 0 saturated carbocycles. The molecule has 0 aliphatic carbocycles. The van der Waals surface area contributed by atoms with Crippen molar-refractivity contribution in [1.29, 1.82) is 0 Å². The molecule has 22 heavy (non-hydrogen) atoms. The number of carbonyl (C=O) groups excluding carboxylic acids is 1. The van der Waals surface area contributed by atoms with Gasteiger partial charge in [-0.2, -0.15) is 0 Å². The number of nitrogens with one attached hydrogen (secondary N) is 1. The van der Waals surface area contributed by atoms with Crippen molar-refractivity contribution in [3.8, 4) is 0 Å². The van der Waals surface area contributed by atoms with Gasteiger partial charge in [-0.1, -0.05) is 35.0 Å². The van der Waals surface area contributed by atoms with Crippen molar-refractivity contribution in [2.24, 2.45) is 0 Å². The lowest BCUT2D eigenvalue weighted by Crippen LogP contribution is -2.24. The van der Waals surface area contributed by atoms with Crippen molar-refractivity contribution in [2.45, 2.75) is 31.5 Å². The topological polar surface area (TPSA) is 72.7 Å². The molecule has 0 aliphatic rings. The predicted molar refractivity (Wildman–Crippen MR) is 88.6 cm³/mol. The molecule has 1 heterocycles. The molecule has 0 radical (unpaired) electrons. The van der Waals surface area contributed by atoms with E-state index >= 15 is 0 Å². The molecule has 0 fully saturated rings. The molecule has 0 unspecified atom stereocenters. The van der Waals surface area contributed by atoms with Gasteiger partial charge >= 0.3 is 0 Å². The summed E-state index contributed by atoms with van der Waals surface area (Å²) in [5, 5.41) is 15.8. The van der Waals surface area contributed by atoms with Gasteiger partial charge in [0.2, 0.25) is 11.1 Å². The first-order valence-corrected chi connectivity index (χ1v) is 8.18. The summed E-state index contributed by atoms with van der Waals surface area (Å²) < 4.78 is 1.68. The van der Waals surface area contributed by atoms with Gasteiger partial charge in [0, 0.05) is 5.02 Å². The number of anilines is 1. The first-order valence-electron chi connectivity index (χ1n) is 6.44. The first kappa shape index (κ1) is 17.1. The van der Waals surface area contributed by atoms with Crippen LogP contribution in [0.15, 0.2) is 23.4 Å². The Bertz CT molecular complexity index is 683. The van der Waals surface area contributed by atoms with Crippen LogP contribution < -0.4 is 5.32 Å². The number of tetrazole rings is 1. The van der Waals surface area contributed by atoms with Crippen molar-refractivity contribution in [3.63, 3.8) is 0 Å². The molecule has 6 nitrogen and oxygen atoms in total. The highest BCUT2D eigenvalue weighted by molar-refractivity contribution is 7.99. The predicted octanol–water partition coefficient (Wildman–Crippen LogP) is 3.47. The van der Waals surface area contributed by atoms with Crippen molar-refractivity contribution in [1.82, 2.24) is 20.2 Å². The van der Waals surface area contributed by atoms with E-state index in [1.165, 1.54) is 11.8 Å². The van der Waals surface area contributed by atoms with Crippen LogP contribution >= 0.6 is 35.0 Å². The zero-order valence-corrected chi connectivity index (χ0v) is 14.6. The number of aromatic nitrogens is 4. The molecule has 0 atom stereocenters. The molecule has 0 spiro atoms. The molecule has 118 valence electrons. The van der Waals surface area contributed by atoms with Crippen LogP contribution in [0.2, 0.25) is 10.0 Å². The third-order valence-electron chi connectivity index (χ3n) is 2.61. The van der Waals surface area contributed by atoms with Gasteiger partial charge in [-0.05, 0) is 49.4 Å². The molecular formula is C13H15Cl2N5OS. The SMILES string of the molecule is CC(C)(C)n1nnnc1SCC(=O)Nc1cc(Cl)ccc1Cl. The Labute approximate surface area is 142 Å². The van der Waals surface area contributed by atoms with Crippen molar-refractivity contribution < 1.29 is 4.79 Å². The normalized spacial score (nSPS) is 11.5. The maximum atomic E-state index is 12.0. The molecule has 1 N–H and O–H groups in total. The summed E-state index contributed by atoms with van der Waals surface area (Å²) in [5.74, 6) is -0.0446. The zero-order chi connectivity index (χ0) is 16.3. The molecule has 0 aliphatic heterocycles. The van der Waals surface area contributed by atoms with E-state index in [9.17, 15) is 4.79 Å². The van der Waals surface area contributed by atoms with E-state index in [1.807, 2.05) is 20.8 Å². The van der Waals surface area contributed by atoms with Crippen molar-refractivity contribution in [2.75, 3.05) is 11.1 Å². The van der Waals surface area contributed by atoms with E-state index in [-0.39, 0.29) is 17.2 Å². The third kappa shape index (κ3) is 4.34. The number of thioether (sulfide) groups is 1. The second-order valence-corrected chi connectivity index (χ2v) is 7.29. The number of nitrogens with zero attached hydrogens (tertiary/aromatic N) is 4. The summed E-state index contributed by atoms with van der Waals surface area (Å²) in [6.45, 7) is 5.96. The molecule has 1 amide bonds. The largest absolute Gasteiger partial charge is 0.324 e. The minimum atomic E-state index is -0.251. The number of benzene rings is 1. The summed E-state index contributed by atoms with van der Waals surface area (Å²) in [4.78, 5) is 12.0. The lowest BCUT2D eigenvalue weighted by Gasteiger charge is -2.19. The summed E-state index contributed by atoms with van der Waals surface area (Å²) >= 11 is 13.1. The van der Waals surface area contributed by atoms with E-state index in [1.54, 1.807) is 22.9 Å². The lowest BCUT2D eigenvalue weighted by molar-refractivity contribution is -0.113. The zero-order valence-electron chi connectivity index (χ0n) is 12.3. The second kappa shape index (κ2) is 6.85. The van der Waals surface area contributed by atoms with E-state index in [0.717, 1.165) is 0 Å². The lowest BCUT2D eigenvalue weighted by atomic mass is 10.1. The number of carbonyl (C=O) groups is 1. The van der Waals surface area contributed by atoms with E-state index in [0.29, 0.717) is 20.9 Å². The molecule has 1 aromatic heterocycles. The highest BCUT2D eigenvalue weighted by Crippen LogP contribution is 2.26. The second-order valence-electron chi connectivity index (χ2n) is 5.51. The van der Waals surface area contributed by atoms with Crippen LogP contribution in [0, 0.1) is 0 Å². The van der Waals surface area contributed by atoms with Crippen LogP contribution in [0.25, 0.3) is 0 Å². The number of hydrogen-bond acceptors (Lipinski definition) is 5. The van der Waals surface area contributed by atoms with Crippen LogP contribution in [0.3, 0.4) is 0 Å². The Morgan fingerprint density at radius 2 is 2.09 bits per heavy atom. The van der Waals surface area contributed by atoms with Gasteiger partial charge < -0.3 is 5.32 Å². The van der Waals surface area contributed by atoms with Crippen LogP contribution in [0.4, 0.5) is 5.69 Å². The Kier molecular flexibility index (Phi) is 5.31. The molecular weight excluding hydrogens is 345 g/mol. The monoisotopic (exact) mass is 359 g/mol. The van der Waals surface area contributed by atoms with Gasteiger partial charge in [0.25, 0.3) is 0 Å². The van der Waals surface area contributed by atoms with Gasteiger partial charge in [0.1, 0.15) is 0 Å². The van der Waals surface area contributed by atoms with Gasteiger partial charge in [-0.25, -0.2) is 4.68 Å². The number of halogens is 2. The van der Waals surface area contributed by atoms with Gasteiger partial charge in [-0.15, -0.1) is 5.10 Å². The smallest absolute Gasteiger partial charge is 0.234 e. The van der Waals surface area contributed by atoms with Crippen LogP contribution in [0.1, 0.15) is 20.8 Å². The van der Waals surface area contributed by atoms with Gasteiger partial charge in [-0.3, -0.25) is 4.79 Å². The fourth-order valence-electron chi connectivity index (χ4n) is 1.60. The first-order chi connectivity index (χ1) is 10.3. The maximum Gasteiger partial charge on any atom is 0.234 e. The Balaban J connectivity index is 1.99. The Morgan fingerprint density at radius 1 is 1.36 bits per heavy atom. The Hall–Kier alpha value is -1.31. The van der Waals surface area contributed by atoms with Crippen LogP contribution in [-0.2, 0) is 10.3 Å². The molecule has 0 saturated heterocycles. The highest BCUT2D eigenvalue weighted by atomic mass is 35.5. The van der Waals surface area contributed by atoms with Crippen molar-refractivity contribution in [3.05, 3.63) is 28.2 Å². The standard InChI is InChI=1S/C13H15Cl2N5OS/c1-13(2,3)20-12(17-18-19-20)22-7-11(21)16-10-6-8(14)4-5-9(10)15/h4-6H,7H2,1-3H3,(H,16,21). The van der Waals surface area contributed by atoms with Crippen LogP contribution in [0.5, 0.6) is 0 Å². The average molecular weight is 360 g/mol. The van der Waals surface area contributed by atoms with Crippen molar-refractivity contribution >= 4 is 46.6 Å². The molecule has 2 rings (SSSR count). The molecule has 2 aromatic rings. The molecule has 9 heteroatoms. The summed E-state index contributed by atoms with van der Waals surface area (Å²) in [7, 11) is 0. The fraction of sp³-hybridized carbons (Fsp3) is 0.385. The third-order valence-corrected chi connectivity index (χ3v) is 4.10. The number of hydrogen-bond donors (Lipinski definition) is 1. The summed E-state index contributed by atoms with van der Waals surface area (Å²) in [6.07, 6.45) is 0. The minimum Gasteiger partial charge on any atom is -0.324 e. The van der Waals surface area contributed by atoms with Gasteiger partial charge in [0.15, 0.2) is 0 Å². The Morgan fingerprint density at radius 3 is 2.77 bits per heavy atom. The van der Waals surface area contributed by atoms with Gasteiger partial charge in [0.05, 0.1) is 22.0 Å². The maximum absolute atomic E-state index is 12.0. The average Bonchev–Trinajstić information content (AvgIpc) is 2.89. The van der Waals surface area contributed by atoms with E-state index in [4.69, 9.17) is 23.2 Å². The molecule has 0 bridgehead atoms. The number of rotatable bonds is 4. The highest BCUT2D eigenvalue weighted by Gasteiger charge is 2.20. The van der Waals surface area contributed by atoms with Crippen LogP contribution in [-0.4, -0.2) is 31.9 Å². The molecule has 1 aromatic carbocycles. The number of amides is 1. The minimum absolute atomic E-state index is 0.166. The van der Waals surface area contributed by atoms with E-state index < -0.39 is 0 Å². The summed E-state index contributed by atoms with van der Waals surface area (Å²) in [5.41, 5.74) is 0.230. The van der Waals surface area contributed by atoms with E-state index in [2.05, 4.69) is 20.8 Å². The summed E-state index contributed by atoms with van der Waals surface area (Å²) in [6, 6.07) is 4.89. The fourth-order valence-corrected chi connectivity index (χ4v) is 2.80. The quantitative estimate of drug-likeness (QED) is 0.846.